The van der Waals surface area contributed by atoms with Gasteiger partial charge in [0.1, 0.15) is 23.4 Å². The van der Waals surface area contributed by atoms with E-state index in [1.165, 1.54) is 24.4 Å². The molecule has 7 heteroatoms. The lowest BCUT2D eigenvalue weighted by molar-refractivity contribution is -0.274. The van der Waals surface area contributed by atoms with E-state index in [2.05, 4.69) is 9.72 Å². The van der Waals surface area contributed by atoms with Crippen LogP contribution in [-0.2, 0) is 0 Å². The van der Waals surface area contributed by atoms with Crippen LogP contribution in [0.1, 0.15) is 17.4 Å². The van der Waals surface area contributed by atoms with Gasteiger partial charge in [0, 0.05) is 6.20 Å². The molecule has 0 aliphatic carbocycles. The van der Waals surface area contributed by atoms with Crippen molar-refractivity contribution in [3.05, 3.63) is 59.7 Å². The number of aliphatic hydroxyl groups excluding tert-OH is 1. The van der Waals surface area contributed by atoms with Gasteiger partial charge in [0.15, 0.2) is 0 Å². The lowest BCUT2D eigenvalue weighted by Crippen LogP contribution is -2.17. The predicted octanol–water partition coefficient (Wildman–Crippen LogP) is 3.20. The second kappa shape index (κ2) is 5.46. The summed E-state index contributed by atoms with van der Waals surface area (Å²) in [4.78, 5) is 3.67. The average Bonchev–Trinajstić information content (AvgIpc) is 2.37. The van der Waals surface area contributed by atoms with Gasteiger partial charge < -0.3 is 9.84 Å². The molecule has 3 nitrogen and oxygen atoms in total. The van der Waals surface area contributed by atoms with E-state index in [1.807, 2.05) is 0 Å². The average molecular weight is 287 g/mol. The molecule has 1 N–H and O–H groups in total. The molecule has 0 aliphatic heterocycles. The largest absolute Gasteiger partial charge is 0.573 e. The van der Waals surface area contributed by atoms with Gasteiger partial charge >= 0.3 is 6.36 Å². The van der Waals surface area contributed by atoms with Crippen LogP contribution in [0.2, 0.25) is 0 Å². The summed E-state index contributed by atoms with van der Waals surface area (Å²) in [5, 5.41) is 9.96. The number of aliphatic hydroxyl groups is 1. The number of halogens is 4. The topological polar surface area (TPSA) is 42.4 Å². The lowest BCUT2D eigenvalue weighted by Gasteiger charge is -2.13. The maximum Gasteiger partial charge on any atom is 0.573 e. The number of alkyl halides is 3. The van der Waals surface area contributed by atoms with Crippen LogP contribution in [0.3, 0.4) is 0 Å². The summed E-state index contributed by atoms with van der Waals surface area (Å²) in [7, 11) is 0. The first-order valence-electron chi connectivity index (χ1n) is 5.51. The molecule has 0 fully saturated rings. The summed E-state index contributed by atoms with van der Waals surface area (Å²) in [6.45, 7) is 0. The van der Waals surface area contributed by atoms with E-state index in [1.54, 1.807) is 0 Å². The maximum absolute atomic E-state index is 13.5. The van der Waals surface area contributed by atoms with Gasteiger partial charge in [-0.25, -0.2) is 4.39 Å². The molecule has 0 spiro atoms. The molecule has 0 amide bonds. The van der Waals surface area contributed by atoms with Crippen LogP contribution in [-0.4, -0.2) is 16.5 Å². The van der Waals surface area contributed by atoms with Crippen molar-refractivity contribution in [2.75, 3.05) is 0 Å². The van der Waals surface area contributed by atoms with Crippen LogP contribution >= 0.6 is 0 Å². The minimum atomic E-state index is -4.83. The van der Waals surface area contributed by atoms with Crippen LogP contribution in [0.4, 0.5) is 17.6 Å². The van der Waals surface area contributed by atoms with E-state index >= 15 is 0 Å². The van der Waals surface area contributed by atoms with Gasteiger partial charge in [-0.05, 0) is 29.8 Å². The molecule has 0 saturated carbocycles. The van der Waals surface area contributed by atoms with Crippen molar-refractivity contribution in [3.8, 4) is 5.75 Å². The zero-order valence-electron chi connectivity index (χ0n) is 9.93. The van der Waals surface area contributed by atoms with Gasteiger partial charge in [-0.2, -0.15) is 0 Å². The zero-order chi connectivity index (χ0) is 14.8. The Balaban J connectivity index is 2.29. The molecule has 1 heterocycles. The number of pyridine rings is 1. The van der Waals surface area contributed by atoms with Gasteiger partial charge in [-0.3, -0.25) is 4.98 Å². The second-order valence-electron chi connectivity index (χ2n) is 3.89. The standard InChI is InChI=1S/C13H9F4NO2/c14-10-5-2-6-18-11(10)12(19)8-3-1-4-9(7-8)20-13(15,16)17/h1-7,12,19H. The minimum absolute atomic E-state index is 0.0457. The Morgan fingerprint density at radius 1 is 1.15 bits per heavy atom. The summed E-state index contributed by atoms with van der Waals surface area (Å²) >= 11 is 0. The molecular formula is C13H9F4NO2. The molecule has 0 saturated heterocycles. The van der Waals surface area contributed by atoms with Crippen LogP contribution in [0, 0.1) is 5.82 Å². The number of aromatic nitrogens is 1. The zero-order valence-corrected chi connectivity index (χ0v) is 9.93. The highest BCUT2D eigenvalue weighted by molar-refractivity contribution is 5.33. The molecule has 106 valence electrons. The summed E-state index contributed by atoms with van der Waals surface area (Å²) < 4.78 is 53.5. The number of nitrogens with zero attached hydrogens (tertiary/aromatic N) is 1. The predicted molar refractivity (Wildman–Crippen MR) is 61.4 cm³/mol. The van der Waals surface area contributed by atoms with Crippen molar-refractivity contribution in [1.29, 1.82) is 0 Å². The van der Waals surface area contributed by atoms with Crippen LogP contribution < -0.4 is 4.74 Å². The SMILES string of the molecule is OC(c1cccc(OC(F)(F)F)c1)c1ncccc1F. The van der Waals surface area contributed by atoms with Crippen molar-refractivity contribution < 1.29 is 27.4 Å². The summed E-state index contributed by atoms with van der Waals surface area (Å²) in [5.74, 6) is -1.24. The van der Waals surface area contributed by atoms with Crippen molar-refractivity contribution in [2.45, 2.75) is 12.5 Å². The summed E-state index contributed by atoms with van der Waals surface area (Å²) in [6.07, 6.45) is -5.04. The Bertz CT molecular complexity index is 601. The van der Waals surface area contributed by atoms with E-state index in [0.717, 1.165) is 18.2 Å². The molecule has 0 aliphatic rings. The van der Waals surface area contributed by atoms with Crippen LogP contribution in [0.25, 0.3) is 0 Å². The fraction of sp³-hybridized carbons (Fsp3) is 0.154. The highest BCUT2D eigenvalue weighted by Crippen LogP contribution is 2.28. The van der Waals surface area contributed by atoms with Gasteiger partial charge in [0.2, 0.25) is 0 Å². The van der Waals surface area contributed by atoms with Crippen molar-refractivity contribution in [2.24, 2.45) is 0 Å². The van der Waals surface area contributed by atoms with Crippen LogP contribution in [0.15, 0.2) is 42.6 Å². The molecule has 2 rings (SSSR count). The van der Waals surface area contributed by atoms with E-state index in [0.29, 0.717) is 0 Å². The summed E-state index contributed by atoms with van der Waals surface area (Å²) in [5.41, 5.74) is -0.221. The third kappa shape index (κ3) is 3.45. The molecular weight excluding hydrogens is 278 g/mol. The van der Waals surface area contributed by atoms with Gasteiger partial charge in [0.25, 0.3) is 0 Å². The van der Waals surface area contributed by atoms with Crippen LogP contribution in [0.5, 0.6) is 5.75 Å². The number of rotatable bonds is 3. The van der Waals surface area contributed by atoms with Crippen molar-refractivity contribution >= 4 is 0 Å². The molecule has 1 atom stereocenters. The van der Waals surface area contributed by atoms with Gasteiger partial charge in [-0.1, -0.05) is 12.1 Å². The first kappa shape index (κ1) is 14.3. The number of hydrogen-bond donors (Lipinski definition) is 1. The highest BCUT2D eigenvalue weighted by Gasteiger charge is 2.31. The Hall–Kier alpha value is -2.15. The Morgan fingerprint density at radius 3 is 2.55 bits per heavy atom. The van der Waals surface area contributed by atoms with E-state index in [4.69, 9.17) is 0 Å². The number of benzene rings is 1. The molecule has 0 bridgehead atoms. The Morgan fingerprint density at radius 2 is 1.90 bits per heavy atom. The maximum atomic E-state index is 13.5. The fourth-order valence-corrected chi connectivity index (χ4v) is 1.64. The Labute approximate surface area is 111 Å². The monoisotopic (exact) mass is 287 g/mol. The lowest BCUT2D eigenvalue weighted by atomic mass is 10.1. The first-order valence-corrected chi connectivity index (χ1v) is 5.51. The smallest absolute Gasteiger partial charge is 0.406 e. The highest BCUT2D eigenvalue weighted by atomic mass is 19.4. The molecule has 0 radical (unpaired) electrons. The molecule has 1 unspecified atom stereocenters. The van der Waals surface area contributed by atoms with E-state index < -0.39 is 24.0 Å². The van der Waals surface area contributed by atoms with E-state index in [9.17, 15) is 22.7 Å². The molecule has 1 aromatic heterocycles. The Kier molecular flexibility index (Phi) is 3.89. The van der Waals surface area contributed by atoms with Crippen molar-refractivity contribution in [1.82, 2.24) is 4.98 Å². The fourth-order valence-electron chi connectivity index (χ4n) is 1.64. The number of ether oxygens (including phenoxy) is 1. The molecule has 2 aromatic rings. The minimum Gasteiger partial charge on any atom is -0.406 e. The quantitative estimate of drug-likeness (QED) is 0.881. The second-order valence-corrected chi connectivity index (χ2v) is 3.89. The van der Waals surface area contributed by atoms with Gasteiger partial charge in [0.05, 0.1) is 0 Å². The number of hydrogen-bond acceptors (Lipinski definition) is 3. The van der Waals surface area contributed by atoms with Gasteiger partial charge in [-0.15, -0.1) is 13.2 Å². The van der Waals surface area contributed by atoms with Crippen molar-refractivity contribution in [3.63, 3.8) is 0 Å². The van der Waals surface area contributed by atoms with E-state index in [-0.39, 0.29) is 11.3 Å². The third-order valence-corrected chi connectivity index (χ3v) is 2.45. The molecule has 20 heavy (non-hydrogen) atoms. The third-order valence-electron chi connectivity index (χ3n) is 2.45. The first-order chi connectivity index (χ1) is 9.37. The normalized spacial score (nSPS) is 13.1. The summed E-state index contributed by atoms with van der Waals surface area (Å²) in [6, 6.07) is 7.11. The molecule has 1 aromatic carbocycles.